The molecule has 1 amide bonds. The number of carbonyl (C=O) groups is 2. The van der Waals surface area contributed by atoms with E-state index in [1.54, 1.807) is 6.29 Å². The lowest BCUT2D eigenvalue weighted by Crippen LogP contribution is -2.37. The van der Waals surface area contributed by atoms with Crippen molar-refractivity contribution in [3.63, 3.8) is 0 Å². The molecule has 0 aliphatic carbocycles. The van der Waals surface area contributed by atoms with Crippen LogP contribution in [0, 0.1) is 5.92 Å². The molecule has 1 radical (unpaired) electrons. The fourth-order valence-corrected chi connectivity index (χ4v) is 2.40. The number of carboxylic acid groups (broad SMARTS) is 1. The van der Waals surface area contributed by atoms with Gasteiger partial charge in [0.15, 0.2) is 10.8 Å². The first kappa shape index (κ1) is 21.0. The molecule has 0 saturated carbocycles. The fourth-order valence-electron chi connectivity index (χ4n) is 1.72. The third kappa shape index (κ3) is 5.81. The number of carbonyl (C=O) groups excluding carboxylic acids is 2. The van der Waals surface area contributed by atoms with Gasteiger partial charge in [0.05, 0.1) is 0 Å². The molecule has 0 bridgehead atoms. The first-order chi connectivity index (χ1) is 12.2. The van der Waals surface area contributed by atoms with Crippen molar-refractivity contribution in [3.8, 4) is 0 Å². The van der Waals surface area contributed by atoms with Gasteiger partial charge < -0.3 is 14.7 Å². The summed E-state index contributed by atoms with van der Waals surface area (Å²) in [6.07, 6.45) is 3.46. The Morgan fingerprint density at radius 1 is 1.54 bits per heavy atom. The zero-order chi connectivity index (χ0) is 19.7. The van der Waals surface area contributed by atoms with E-state index in [0.29, 0.717) is 0 Å². The molecule has 1 aromatic rings. The molecule has 1 rings (SSSR count). The highest BCUT2D eigenvalue weighted by Gasteiger charge is 2.35. The smallest absolute Gasteiger partial charge is 0.413 e. The van der Waals surface area contributed by atoms with E-state index in [1.165, 1.54) is 31.4 Å². The third-order valence-electron chi connectivity index (χ3n) is 3.01. The number of carboxylic acids is 1. The van der Waals surface area contributed by atoms with Gasteiger partial charge in [0.25, 0.3) is 6.29 Å². The first-order valence-electron chi connectivity index (χ1n) is 7.25. The average Bonchev–Trinajstić information content (AvgIpc) is 3.01. The first-order valence-corrected chi connectivity index (χ1v) is 8.13. The lowest BCUT2D eigenvalue weighted by Gasteiger charge is -2.26. The molecule has 0 spiro atoms. The SMILES string of the molecule is C=CCOC(=O)Nc1nc(/C([C]=O)=N/OC(C)(C)C(C=C)C(=O)O)cs1. The quantitative estimate of drug-likeness (QED) is 0.362. The van der Waals surface area contributed by atoms with Crippen LogP contribution in [0.15, 0.2) is 35.8 Å². The fraction of sp³-hybridized carbons (Fsp3) is 0.312. The highest BCUT2D eigenvalue weighted by molar-refractivity contribution is 7.14. The summed E-state index contributed by atoms with van der Waals surface area (Å²) in [4.78, 5) is 43.0. The van der Waals surface area contributed by atoms with Gasteiger partial charge in [-0.15, -0.1) is 17.9 Å². The predicted octanol–water partition coefficient (Wildman–Crippen LogP) is 2.37. The predicted molar refractivity (Wildman–Crippen MR) is 96.0 cm³/mol. The summed E-state index contributed by atoms with van der Waals surface area (Å²) in [6, 6.07) is 0. The van der Waals surface area contributed by atoms with Crippen LogP contribution in [-0.2, 0) is 19.2 Å². The second kappa shape index (κ2) is 9.47. The monoisotopic (exact) mass is 380 g/mol. The molecule has 0 saturated heterocycles. The van der Waals surface area contributed by atoms with Crippen molar-refractivity contribution in [3.05, 3.63) is 36.4 Å². The molecular formula is C16H18N3O6S. The van der Waals surface area contributed by atoms with E-state index in [1.807, 2.05) is 0 Å². The minimum atomic E-state index is -1.26. The molecule has 0 aliphatic heterocycles. The minimum absolute atomic E-state index is 0.0376. The van der Waals surface area contributed by atoms with Gasteiger partial charge in [0.1, 0.15) is 23.8 Å². The molecule has 2 N–H and O–H groups in total. The molecule has 1 aromatic heterocycles. The number of thiazole rings is 1. The van der Waals surface area contributed by atoms with Crippen LogP contribution in [0.3, 0.4) is 0 Å². The standard InChI is InChI=1S/C16H18N3O6S/c1-5-7-24-15(23)18-14-17-12(9-26-14)11(8-20)19-25-16(3,4)10(6-2)13(21)22/h5-6,9-10H,1-2,7H2,3-4H3,(H,21,22)(H,17,18,23)/b19-11+. The van der Waals surface area contributed by atoms with E-state index < -0.39 is 23.6 Å². The summed E-state index contributed by atoms with van der Waals surface area (Å²) in [5.41, 5.74) is -1.44. The number of amides is 1. The summed E-state index contributed by atoms with van der Waals surface area (Å²) in [6.45, 7) is 9.88. The van der Waals surface area contributed by atoms with E-state index in [9.17, 15) is 14.4 Å². The van der Waals surface area contributed by atoms with Gasteiger partial charge in [0, 0.05) is 5.38 Å². The number of hydrogen-bond donors (Lipinski definition) is 2. The Kier molecular flexibility index (Phi) is 7.66. The number of anilines is 1. The number of rotatable bonds is 10. The maximum absolute atomic E-state index is 11.4. The summed E-state index contributed by atoms with van der Waals surface area (Å²) in [5.74, 6) is -2.19. The second-order valence-corrected chi connectivity index (χ2v) is 6.20. The molecule has 0 aliphatic rings. The number of aromatic nitrogens is 1. The molecule has 1 unspecified atom stereocenters. The van der Waals surface area contributed by atoms with Gasteiger partial charge in [-0.25, -0.2) is 9.78 Å². The number of oxime groups is 1. The zero-order valence-corrected chi connectivity index (χ0v) is 15.0. The van der Waals surface area contributed by atoms with E-state index in [2.05, 4.69) is 28.6 Å². The van der Waals surface area contributed by atoms with Gasteiger partial charge in [-0.3, -0.25) is 14.9 Å². The molecule has 0 aromatic carbocycles. The maximum atomic E-state index is 11.4. The lowest BCUT2D eigenvalue weighted by atomic mass is 9.91. The van der Waals surface area contributed by atoms with Gasteiger partial charge in [-0.2, -0.15) is 0 Å². The van der Waals surface area contributed by atoms with Gasteiger partial charge in [0.2, 0.25) is 0 Å². The zero-order valence-electron chi connectivity index (χ0n) is 14.2. The van der Waals surface area contributed by atoms with Gasteiger partial charge in [-0.1, -0.05) is 23.9 Å². The van der Waals surface area contributed by atoms with Crippen LogP contribution in [0.1, 0.15) is 19.5 Å². The third-order valence-corrected chi connectivity index (χ3v) is 3.77. The Labute approximate surface area is 154 Å². The van der Waals surface area contributed by atoms with E-state index >= 15 is 0 Å². The second-order valence-electron chi connectivity index (χ2n) is 5.34. The summed E-state index contributed by atoms with van der Waals surface area (Å²) >= 11 is 1.03. The number of hydrogen-bond acceptors (Lipinski definition) is 8. The molecule has 1 atom stereocenters. The number of nitrogens with zero attached hydrogens (tertiary/aromatic N) is 2. The summed E-state index contributed by atoms with van der Waals surface area (Å²) in [7, 11) is 0. The van der Waals surface area contributed by atoms with Crippen LogP contribution in [-0.4, -0.2) is 46.4 Å². The molecule has 10 heteroatoms. The molecule has 1 heterocycles. The number of aliphatic carboxylic acids is 1. The Morgan fingerprint density at radius 3 is 2.77 bits per heavy atom. The van der Waals surface area contributed by atoms with Crippen LogP contribution in [0.5, 0.6) is 0 Å². The van der Waals surface area contributed by atoms with Crippen LogP contribution in [0.2, 0.25) is 0 Å². The van der Waals surface area contributed by atoms with Crippen molar-refractivity contribution in [1.29, 1.82) is 0 Å². The van der Waals surface area contributed by atoms with E-state index in [-0.39, 0.29) is 23.1 Å². The topological polar surface area (TPSA) is 127 Å². The Bertz CT molecular complexity index is 725. The molecule has 9 nitrogen and oxygen atoms in total. The number of ether oxygens (including phenoxy) is 1. The highest BCUT2D eigenvalue weighted by Crippen LogP contribution is 2.24. The van der Waals surface area contributed by atoms with Gasteiger partial charge in [-0.05, 0) is 13.8 Å². The Balaban J connectivity index is 2.88. The van der Waals surface area contributed by atoms with Crippen molar-refractivity contribution in [2.75, 3.05) is 11.9 Å². The Hall–Kier alpha value is -3.01. The summed E-state index contributed by atoms with van der Waals surface area (Å²) in [5, 5.41) is 16.8. The average molecular weight is 380 g/mol. The van der Waals surface area contributed by atoms with E-state index in [0.717, 1.165) is 11.3 Å². The molecule has 0 fully saturated rings. The van der Waals surface area contributed by atoms with Crippen LogP contribution < -0.4 is 5.32 Å². The molecule has 139 valence electrons. The van der Waals surface area contributed by atoms with Crippen LogP contribution >= 0.6 is 11.3 Å². The van der Waals surface area contributed by atoms with Gasteiger partial charge >= 0.3 is 12.1 Å². The molecular weight excluding hydrogens is 362 g/mol. The maximum Gasteiger partial charge on any atom is 0.413 e. The normalized spacial score (nSPS) is 12.6. The van der Waals surface area contributed by atoms with Crippen LogP contribution in [0.25, 0.3) is 0 Å². The number of nitrogens with one attached hydrogen (secondary N) is 1. The minimum Gasteiger partial charge on any atom is -0.481 e. The molecule has 26 heavy (non-hydrogen) atoms. The Morgan fingerprint density at radius 2 is 2.23 bits per heavy atom. The van der Waals surface area contributed by atoms with Crippen molar-refractivity contribution >= 4 is 40.5 Å². The summed E-state index contributed by atoms with van der Waals surface area (Å²) < 4.78 is 4.75. The van der Waals surface area contributed by atoms with Crippen molar-refractivity contribution in [2.24, 2.45) is 11.1 Å². The van der Waals surface area contributed by atoms with Crippen molar-refractivity contribution < 1.29 is 29.1 Å². The highest BCUT2D eigenvalue weighted by atomic mass is 32.1. The van der Waals surface area contributed by atoms with E-state index in [4.69, 9.17) is 14.7 Å². The van der Waals surface area contributed by atoms with Crippen molar-refractivity contribution in [1.82, 2.24) is 4.98 Å². The van der Waals surface area contributed by atoms with Crippen molar-refractivity contribution in [2.45, 2.75) is 19.4 Å². The van der Waals surface area contributed by atoms with Crippen LogP contribution in [0.4, 0.5) is 9.93 Å². The lowest BCUT2D eigenvalue weighted by molar-refractivity contribution is -0.150. The largest absolute Gasteiger partial charge is 0.481 e.